The van der Waals surface area contributed by atoms with Crippen molar-refractivity contribution in [2.45, 2.75) is 19.8 Å². The molecule has 0 bridgehead atoms. The summed E-state index contributed by atoms with van der Waals surface area (Å²) in [5, 5.41) is 2.66. The molecule has 0 saturated carbocycles. The molecule has 1 aliphatic heterocycles. The van der Waals surface area contributed by atoms with Gasteiger partial charge in [-0.05, 0) is 44.0 Å². The van der Waals surface area contributed by atoms with Gasteiger partial charge in [-0.1, -0.05) is 0 Å². The first-order chi connectivity index (χ1) is 11.1. The fraction of sp³-hybridized carbons (Fsp3) is 0.529. The van der Waals surface area contributed by atoms with Gasteiger partial charge in [-0.2, -0.15) is 0 Å². The lowest BCUT2D eigenvalue weighted by Crippen LogP contribution is -2.44. The molecule has 0 atom stereocenters. The molecular weight excluding hydrogens is 296 g/mol. The van der Waals surface area contributed by atoms with E-state index in [1.807, 2.05) is 19.1 Å². The summed E-state index contributed by atoms with van der Waals surface area (Å²) in [5.41, 5.74) is 0. The van der Waals surface area contributed by atoms with Gasteiger partial charge in [0.15, 0.2) is 6.61 Å². The average Bonchev–Trinajstić information content (AvgIpc) is 2.60. The highest BCUT2D eigenvalue weighted by atomic mass is 16.5. The molecule has 0 aliphatic carbocycles. The first kappa shape index (κ1) is 17.1. The average molecular weight is 320 g/mol. The fourth-order valence-electron chi connectivity index (χ4n) is 2.63. The number of amides is 2. The van der Waals surface area contributed by atoms with Crippen LogP contribution < -0.4 is 14.8 Å². The molecule has 1 aromatic rings. The quantitative estimate of drug-likeness (QED) is 0.861. The lowest BCUT2D eigenvalue weighted by atomic mass is 9.96. The van der Waals surface area contributed by atoms with Crippen LogP contribution in [-0.4, -0.2) is 50.1 Å². The van der Waals surface area contributed by atoms with Crippen LogP contribution in [0.3, 0.4) is 0 Å². The Hall–Kier alpha value is -2.24. The topological polar surface area (TPSA) is 67.9 Å². The van der Waals surface area contributed by atoms with E-state index in [0.29, 0.717) is 38.3 Å². The van der Waals surface area contributed by atoms with Crippen LogP contribution >= 0.6 is 0 Å². The number of likely N-dealkylation sites (tertiary alicyclic amines) is 1. The first-order valence-corrected chi connectivity index (χ1v) is 7.99. The molecule has 23 heavy (non-hydrogen) atoms. The number of hydrogen-bond acceptors (Lipinski definition) is 4. The molecule has 6 heteroatoms. The van der Waals surface area contributed by atoms with Crippen molar-refractivity contribution in [2.75, 3.05) is 33.4 Å². The summed E-state index contributed by atoms with van der Waals surface area (Å²) in [6, 6.07) is 7.21. The number of nitrogens with zero attached hydrogens (tertiary/aromatic N) is 1. The monoisotopic (exact) mass is 320 g/mol. The van der Waals surface area contributed by atoms with Crippen LogP contribution in [0.1, 0.15) is 19.8 Å². The van der Waals surface area contributed by atoms with E-state index in [9.17, 15) is 9.59 Å². The van der Waals surface area contributed by atoms with Crippen molar-refractivity contribution in [1.29, 1.82) is 0 Å². The number of ether oxygens (including phenoxy) is 2. The number of nitrogens with one attached hydrogen (secondary N) is 1. The minimum absolute atomic E-state index is 0.0103. The van der Waals surface area contributed by atoms with Gasteiger partial charge in [0.25, 0.3) is 5.91 Å². The van der Waals surface area contributed by atoms with Crippen LogP contribution in [0.25, 0.3) is 0 Å². The van der Waals surface area contributed by atoms with E-state index >= 15 is 0 Å². The third kappa shape index (κ3) is 4.87. The highest BCUT2D eigenvalue weighted by molar-refractivity contribution is 5.80. The predicted octanol–water partition coefficient (Wildman–Crippen LogP) is 1.45. The highest BCUT2D eigenvalue weighted by Crippen LogP contribution is 2.19. The van der Waals surface area contributed by atoms with Gasteiger partial charge in [0.1, 0.15) is 11.5 Å². The smallest absolute Gasteiger partial charge is 0.260 e. The fourth-order valence-corrected chi connectivity index (χ4v) is 2.63. The van der Waals surface area contributed by atoms with Crippen molar-refractivity contribution in [2.24, 2.45) is 5.92 Å². The maximum absolute atomic E-state index is 12.2. The van der Waals surface area contributed by atoms with Crippen LogP contribution in [0.15, 0.2) is 24.3 Å². The Morgan fingerprint density at radius 2 is 1.70 bits per heavy atom. The SMILES string of the molecule is CCOc1ccc(OCC(=O)N2CCC(C(=O)NC)CC2)cc1. The largest absolute Gasteiger partial charge is 0.494 e. The van der Waals surface area contributed by atoms with Crippen LogP contribution in [0.2, 0.25) is 0 Å². The summed E-state index contributed by atoms with van der Waals surface area (Å²) in [6.45, 7) is 3.76. The molecule has 2 rings (SSSR count). The van der Waals surface area contributed by atoms with Crippen molar-refractivity contribution in [1.82, 2.24) is 10.2 Å². The normalized spacial score (nSPS) is 15.1. The molecular formula is C17H24N2O4. The van der Waals surface area contributed by atoms with Crippen molar-refractivity contribution in [3.05, 3.63) is 24.3 Å². The highest BCUT2D eigenvalue weighted by Gasteiger charge is 2.26. The Balaban J connectivity index is 1.76. The van der Waals surface area contributed by atoms with E-state index in [0.717, 1.165) is 5.75 Å². The van der Waals surface area contributed by atoms with Gasteiger partial charge in [0.05, 0.1) is 6.61 Å². The van der Waals surface area contributed by atoms with Crippen LogP contribution in [-0.2, 0) is 9.59 Å². The zero-order valence-corrected chi connectivity index (χ0v) is 13.7. The van der Waals surface area contributed by atoms with Crippen LogP contribution in [0.4, 0.5) is 0 Å². The maximum atomic E-state index is 12.2. The van der Waals surface area contributed by atoms with E-state index in [1.165, 1.54) is 0 Å². The standard InChI is InChI=1S/C17H24N2O4/c1-3-22-14-4-6-15(7-5-14)23-12-16(20)19-10-8-13(9-11-19)17(21)18-2/h4-7,13H,3,8-12H2,1-2H3,(H,18,21). The van der Waals surface area contributed by atoms with Gasteiger partial charge in [0.2, 0.25) is 5.91 Å². The zero-order valence-electron chi connectivity index (χ0n) is 13.7. The molecule has 6 nitrogen and oxygen atoms in total. The minimum atomic E-state index is -0.0470. The molecule has 1 saturated heterocycles. The van der Waals surface area contributed by atoms with Crippen molar-refractivity contribution in [3.63, 3.8) is 0 Å². The van der Waals surface area contributed by atoms with Crippen molar-refractivity contribution < 1.29 is 19.1 Å². The first-order valence-electron chi connectivity index (χ1n) is 7.99. The summed E-state index contributed by atoms with van der Waals surface area (Å²) >= 11 is 0. The van der Waals surface area contributed by atoms with Crippen molar-refractivity contribution >= 4 is 11.8 Å². The lowest BCUT2D eigenvalue weighted by molar-refractivity contribution is -0.137. The molecule has 126 valence electrons. The van der Waals surface area contributed by atoms with Crippen LogP contribution in [0.5, 0.6) is 11.5 Å². The van der Waals surface area contributed by atoms with Gasteiger partial charge in [-0.15, -0.1) is 0 Å². The van der Waals surface area contributed by atoms with Gasteiger partial charge >= 0.3 is 0 Å². The second kappa shape index (κ2) is 8.41. The number of benzene rings is 1. The van der Waals surface area contributed by atoms with E-state index in [4.69, 9.17) is 9.47 Å². The number of carbonyl (C=O) groups excluding carboxylic acids is 2. The molecule has 0 aromatic heterocycles. The van der Waals surface area contributed by atoms with E-state index < -0.39 is 0 Å². The number of hydrogen-bond donors (Lipinski definition) is 1. The minimum Gasteiger partial charge on any atom is -0.494 e. The molecule has 1 fully saturated rings. The Morgan fingerprint density at radius 1 is 1.13 bits per heavy atom. The van der Waals surface area contributed by atoms with Gasteiger partial charge in [-0.3, -0.25) is 9.59 Å². The summed E-state index contributed by atoms with van der Waals surface area (Å²) in [4.78, 5) is 25.5. The maximum Gasteiger partial charge on any atom is 0.260 e. The summed E-state index contributed by atoms with van der Waals surface area (Å²) in [6.07, 6.45) is 1.41. The van der Waals surface area contributed by atoms with Gasteiger partial charge < -0.3 is 19.7 Å². The number of piperidine rings is 1. The summed E-state index contributed by atoms with van der Waals surface area (Å²) in [5.74, 6) is 1.44. The Bertz CT molecular complexity index is 522. The Labute approximate surface area is 136 Å². The second-order valence-electron chi connectivity index (χ2n) is 5.46. The molecule has 1 N–H and O–H groups in total. The molecule has 0 radical (unpaired) electrons. The van der Waals surface area contributed by atoms with E-state index in [2.05, 4.69) is 5.32 Å². The summed E-state index contributed by atoms with van der Waals surface area (Å²) < 4.78 is 10.9. The third-order valence-corrected chi connectivity index (χ3v) is 3.96. The van der Waals surface area contributed by atoms with Crippen molar-refractivity contribution in [3.8, 4) is 11.5 Å². The molecule has 2 amide bonds. The van der Waals surface area contributed by atoms with E-state index in [1.54, 1.807) is 24.1 Å². The molecule has 0 spiro atoms. The Kier molecular flexibility index (Phi) is 6.26. The molecule has 1 heterocycles. The molecule has 1 aromatic carbocycles. The van der Waals surface area contributed by atoms with Gasteiger partial charge in [0, 0.05) is 26.1 Å². The van der Waals surface area contributed by atoms with Crippen LogP contribution in [0, 0.1) is 5.92 Å². The number of rotatable bonds is 6. The summed E-state index contributed by atoms with van der Waals surface area (Å²) in [7, 11) is 1.64. The Morgan fingerprint density at radius 3 is 2.22 bits per heavy atom. The van der Waals surface area contributed by atoms with E-state index in [-0.39, 0.29) is 24.3 Å². The van der Waals surface area contributed by atoms with Gasteiger partial charge in [-0.25, -0.2) is 0 Å². The lowest BCUT2D eigenvalue weighted by Gasteiger charge is -2.31. The molecule has 1 aliphatic rings. The zero-order chi connectivity index (χ0) is 16.7. The number of carbonyl (C=O) groups is 2. The molecule has 0 unspecified atom stereocenters. The third-order valence-electron chi connectivity index (χ3n) is 3.96. The predicted molar refractivity (Wildman–Crippen MR) is 86.5 cm³/mol. The second-order valence-corrected chi connectivity index (χ2v) is 5.46.